The number of nitrogens with one attached hydrogen (secondary N) is 1. The lowest BCUT2D eigenvalue weighted by Crippen LogP contribution is -2.52. The fourth-order valence-electron chi connectivity index (χ4n) is 2.84. The highest BCUT2D eigenvalue weighted by Crippen LogP contribution is 2.27. The van der Waals surface area contributed by atoms with Crippen molar-refractivity contribution >= 4 is 5.91 Å². The molecule has 0 aliphatic carbocycles. The van der Waals surface area contributed by atoms with E-state index in [-0.39, 0.29) is 24.9 Å². The Morgan fingerprint density at radius 3 is 2.39 bits per heavy atom. The molecule has 1 amide bonds. The predicted molar refractivity (Wildman–Crippen MR) is 105 cm³/mol. The van der Waals surface area contributed by atoms with Gasteiger partial charge in [0.2, 0.25) is 5.91 Å². The third-order valence-electron chi connectivity index (χ3n) is 4.89. The normalized spacial score (nSPS) is 26.5. The van der Waals surface area contributed by atoms with E-state index in [2.05, 4.69) is 5.32 Å². The van der Waals surface area contributed by atoms with Gasteiger partial charge in [0.25, 0.3) is 0 Å². The van der Waals surface area contributed by atoms with Gasteiger partial charge in [-0.25, -0.2) is 0 Å². The summed E-state index contributed by atoms with van der Waals surface area (Å²) >= 11 is 0. The van der Waals surface area contributed by atoms with Crippen molar-refractivity contribution in [2.75, 3.05) is 19.8 Å². The molecule has 0 aromatic carbocycles. The zero-order valence-corrected chi connectivity index (χ0v) is 18.1. The van der Waals surface area contributed by atoms with Crippen molar-refractivity contribution in [2.45, 2.75) is 96.6 Å². The Labute approximate surface area is 168 Å². The molecule has 8 heteroatoms. The fourth-order valence-corrected chi connectivity index (χ4v) is 2.84. The smallest absolute Gasteiger partial charge is 0.222 e. The number of aliphatic hydroxyl groups is 3. The Morgan fingerprint density at radius 2 is 1.82 bits per heavy atom. The van der Waals surface area contributed by atoms with Crippen molar-refractivity contribution in [3.8, 4) is 0 Å². The van der Waals surface area contributed by atoms with Crippen LogP contribution < -0.4 is 5.32 Å². The standard InChI is InChI=1S/C20H39NO7/c1-13(2)17(25)21-9-7-19(3,4)26-10-8-20(5,6)28-18-16(24)15(23)11-14(12-22)27-18/h13-16,18,22-24H,7-12H2,1-6H3,(H,21,25)/t14?,15?,16?,18-/m1/s1. The van der Waals surface area contributed by atoms with Gasteiger partial charge in [0.15, 0.2) is 6.29 Å². The van der Waals surface area contributed by atoms with Crippen molar-refractivity contribution in [3.63, 3.8) is 0 Å². The molecule has 4 atom stereocenters. The molecule has 0 aromatic heterocycles. The van der Waals surface area contributed by atoms with Crippen LogP contribution in [0.1, 0.15) is 60.8 Å². The van der Waals surface area contributed by atoms with E-state index in [0.29, 0.717) is 26.0 Å². The first-order chi connectivity index (χ1) is 12.9. The Hall–Kier alpha value is -0.770. The first-order valence-electron chi connectivity index (χ1n) is 10.1. The minimum Gasteiger partial charge on any atom is -0.394 e. The molecule has 1 rings (SSSR count). The predicted octanol–water partition coefficient (Wildman–Crippen LogP) is 0.958. The van der Waals surface area contributed by atoms with E-state index in [0.717, 1.165) is 0 Å². The summed E-state index contributed by atoms with van der Waals surface area (Å²) in [4.78, 5) is 11.6. The van der Waals surface area contributed by atoms with Crippen LogP contribution in [0.2, 0.25) is 0 Å². The van der Waals surface area contributed by atoms with Gasteiger partial charge in [-0.1, -0.05) is 13.8 Å². The van der Waals surface area contributed by atoms with E-state index >= 15 is 0 Å². The molecular weight excluding hydrogens is 366 g/mol. The SMILES string of the molecule is CC(C)C(=O)NCCC(C)(C)OCCC(C)(C)O[C@H]1OC(CO)CC(O)C1O. The molecule has 8 nitrogen and oxygen atoms in total. The van der Waals surface area contributed by atoms with Gasteiger partial charge in [0.1, 0.15) is 6.10 Å². The van der Waals surface area contributed by atoms with Gasteiger partial charge in [0.05, 0.1) is 36.6 Å². The highest BCUT2D eigenvalue weighted by Gasteiger charge is 2.40. The van der Waals surface area contributed by atoms with Gasteiger partial charge in [0, 0.05) is 18.9 Å². The van der Waals surface area contributed by atoms with Gasteiger partial charge in [-0.15, -0.1) is 0 Å². The molecule has 0 saturated carbocycles. The Morgan fingerprint density at radius 1 is 1.18 bits per heavy atom. The lowest BCUT2D eigenvalue weighted by atomic mass is 10.0. The molecule has 1 aliphatic rings. The summed E-state index contributed by atoms with van der Waals surface area (Å²) in [6.07, 6.45) is -2.33. The quantitative estimate of drug-likeness (QED) is 0.404. The number of hydrogen-bond donors (Lipinski definition) is 4. The largest absolute Gasteiger partial charge is 0.394 e. The summed E-state index contributed by atoms with van der Waals surface area (Å²) in [5.41, 5.74) is -1.07. The van der Waals surface area contributed by atoms with Crippen LogP contribution in [-0.2, 0) is 19.0 Å². The molecule has 1 aliphatic heterocycles. The molecule has 3 unspecified atom stereocenters. The lowest BCUT2D eigenvalue weighted by molar-refractivity contribution is -0.301. The molecule has 4 N–H and O–H groups in total. The lowest BCUT2D eigenvalue weighted by Gasteiger charge is -2.40. The molecule has 0 spiro atoms. The van der Waals surface area contributed by atoms with Crippen LogP contribution in [-0.4, -0.2) is 76.8 Å². The van der Waals surface area contributed by atoms with Gasteiger partial charge in [-0.3, -0.25) is 4.79 Å². The first kappa shape index (κ1) is 25.3. The van der Waals surface area contributed by atoms with E-state index < -0.39 is 35.8 Å². The highest BCUT2D eigenvalue weighted by molar-refractivity contribution is 5.77. The average Bonchev–Trinajstić information content (AvgIpc) is 2.57. The Balaban J connectivity index is 2.42. The molecule has 1 heterocycles. The maximum absolute atomic E-state index is 11.6. The molecule has 28 heavy (non-hydrogen) atoms. The van der Waals surface area contributed by atoms with Crippen molar-refractivity contribution in [1.82, 2.24) is 5.32 Å². The van der Waals surface area contributed by atoms with Gasteiger partial charge in [-0.2, -0.15) is 0 Å². The van der Waals surface area contributed by atoms with Crippen LogP contribution >= 0.6 is 0 Å². The third-order valence-corrected chi connectivity index (χ3v) is 4.89. The Kier molecular flexibility index (Phi) is 9.79. The maximum atomic E-state index is 11.6. The first-order valence-corrected chi connectivity index (χ1v) is 10.1. The number of amides is 1. The van der Waals surface area contributed by atoms with E-state index in [1.54, 1.807) is 0 Å². The summed E-state index contributed by atoms with van der Waals surface area (Å²) in [6, 6.07) is 0. The minimum atomic E-state index is -1.16. The zero-order chi connectivity index (χ0) is 21.5. The van der Waals surface area contributed by atoms with Crippen LogP contribution in [0.3, 0.4) is 0 Å². The average molecular weight is 406 g/mol. The van der Waals surface area contributed by atoms with Crippen molar-refractivity contribution in [3.05, 3.63) is 0 Å². The van der Waals surface area contributed by atoms with Crippen LogP contribution in [0, 0.1) is 5.92 Å². The van der Waals surface area contributed by atoms with E-state index in [1.165, 1.54) is 0 Å². The molecule has 0 aromatic rings. The molecule has 1 fully saturated rings. The number of ether oxygens (including phenoxy) is 3. The molecule has 1 saturated heterocycles. The van der Waals surface area contributed by atoms with Crippen LogP contribution in [0.5, 0.6) is 0 Å². The highest BCUT2D eigenvalue weighted by atomic mass is 16.7. The minimum absolute atomic E-state index is 0.0275. The number of carbonyl (C=O) groups is 1. The summed E-state index contributed by atoms with van der Waals surface area (Å²) in [6.45, 7) is 12.1. The van der Waals surface area contributed by atoms with Crippen molar-refractivity contribution < 1.29 is 34.3 Å². The second kappa shape index (κ2) is 10.8. The molecular formula is C20H39NO7. The van der Waals surface area contributed by atoms with Crippen LogP contribution in [0.15, 0.2) is 0 Å². The third kappa shape index (κ3) is 8.71. The summed E-state index contributed by atoms with van der Waals surface area (Å²) in [5.74, 6) is -0.0111. The summed E-state index contributed by atoms with van der Waals surface area (Å²) in [5, 5.41) is 32.2. The Bertz CT molecular complexity index is 481. The topological polar surface area (TPSA) is 117 Å². The van der Waals surface area contributed by atoms with Gasteiger partial charge >= 0.3 is 0 Å². The molecule has 0 bridgehead atoms. The molecule has 166 valence electrons. The van der Waals surface area contributed by atoms with Gasteiger partial charge in [-0.05, 0) is 40.5 Å². The van der Waals surface area contributed by atoms with E-state index in [1.807, 2.05) is 41.5 Å². The monoisotopic (exact) mass is 405 g/mol. The van der Waals surface area contributed by atoms with Crippen LogP contribution in [0.4, 0.5) is 0 Å². The van der Waals surface area contributed by atoms with E-state index in [9.17, 15) is 20.1 Å². The second-order valence-electron chi connectivity index (χ2n) is 9.03. The van der Waals surface area contributed by atoms with Crippen LogP contribution in [0.25, 0.3) is 0 Å². The number of carbonyl (C=O) groups excluding carboxylic acids is 1. The maximum Gasteiger partial charge on any atom is 0.222 e. The second-order valence-corrected chi connectivity index (χ2v) is 9.03. The summed E-state index contributed by atoms with van der Waals surface area (Å²) in [7, 11) is 0. The number of hydrogen-bond acceptors (Lipinski definition) is 7. The van der Waals surface area contributed by atoms with Gasteiger partial charge < -0.3 is 34.8 Å². The molecule has 0 radical (unpaired) electrons. The zero-order valence-electron chi connectivity index (χ0n) is 18.1. The van der Waals surface area contributed by atoms with Crippen molar-refractivity contribution in [1.29, 1.82) is 0 Å². The van der Waals surface area contributed by atoms with Crippen molar-refractivity contribution in [2.24, 2.45) is 5.92 Å². The number of rotatable bonds is 11. The number of aliphatic hydroxyl groups excluding tert-OH is 3. The fraction of sp³-hybridized carbons (Fsp3) is 0.950. The summed E-state index contributed by atoms with van der Waals surface area (Å²) < 4.78 is 17.4. The van der Waals surface area contributed by atoms with E-state index in [4.69, 9.17) is 14.2 Å².